The molecule has 0 spiro atoms. The van der Waals surface area contributed by atoms with Crippen LogP contribution in [0.4, 0.5) is 0 Å². The Morgan fingerprint density at radius 1 is 1.36 bits per heavy atom. The van der Waals surface area contributed by atoms with Crippen molar-refractivity contribution in [1.82, 2.24) is 15.1 Å². The molecule has 1 heterocycles. The van der Waals surface area contributed by atoms with Crippen LogP contribution in [0, 0.1) is 0 Å². The van der Waals surface area contributed by atoms with Gasteiger partial charge in [-0.25, -0.2) is 0 Å². The average Bonchev–Trinajstić information content (AvgIpc) is 2.18. The molecule has 1 N–H and O–H groups in total. The number of likely N-dealkylation sites (N-methyl/N-ethyl adjacent to an activating group) is 1. The summed E-state index contributed by atoms with van der Waals surface area (Å²) in [6.07, 6.45) is 2.64. The van der Waals surface area contributed by atoms with Gasteiger partial charge >= 0.3 is 0 Å². The molecule has 0 saturated carbocycles. The lowest BCUT2D eigenvalue weighted by atomic mass is 10.0. The highest BCUT2D eigenvalue weighted by atomic mass is 15.2. The fourth-order valence-corrected chi connectivity index (χ4v) is 2.27. The van der Waals surface area contributed by atoms with Crippen LogP contribution in [-0.4, -0.2) is 62.7 Å². The highest BCUT2D eigenvalue weighted by Gasteiger charge is 2.22. The summed E-state index contributed by atoms with van der Waals surface area (Å²) in [5, 5.41) is 3.25. The molecule has 1 aliphatic rings. The lowest BCUT2D eigenvalue weighted by molar-refractivity contribution is 0.115. The molecule has 84 valence electrons. The highest BCUT2D eigenvalue weighted by molar-refractivity contribution is 4.80. The molecule has 3 heteroatoms. The minimum atomic E-state index is 0.683. The van der Waals surface area contributed by atoms with Gasteiger partial charge in [0.25, 0.3) is 0 Å². The van der Waals surface area contributed by atoms with Crippen molar-refractivity contribution in [2.45, 2.75) is 31.8 Å². The van der Waals surface area contributed by atoms with Crippen molar-refractivity contribution in [3.8, 4) is 0 Å². The maximum Gasteiger partial charge on any atom is 0.0192 e. The molecule has 1 saturated heterocycles. The number of hydrogen-bond donors (Lipinski definition) is 1. The second kappa shape index (κ2) is 5.69. The third kappa shape index (κ3) is 3.23. The first-order chi connectivity index (χ1) is 6.65. The van der Waals surface area contributed by atoms with Crippen molar-refractivity contribution in [2.24, 2.45) is 0 Å². The number of nitrogens with one attached hydrogen (secondary N) is 1. The number of hydrogen-bond acceptors (Lipinski definition) is 3. The van der Waals surface area contributed by atoms with Gasteiger partial charge < -0.3 is 10.2 Å². The molecule has 1 aliphatic heterocycles. The third-order valence-corrected chi connectivity index (χ3v) is 3.35. The quantitative estimate of drug-likeness (QED) is 0.716. The van der Waals surface area contributed by atoms with Crippen molar-refractivity contribution >= 4 is 0 Å². The van der Waals surface area contributed by atoms with E-state index in [1.807, 2.05) is 7.05 Å². The van der Waals surface area contributed by atoms with Gasteiger partial charge in [-0.05, 0) is 54.0 Å². The van der Waals surface area contributed by atoms with E-state index in [0.717, 1.165) is 12.6 Å². The molecule has 0 bridgehead atoms. The van der Waals surface area contributed by atoms with Crippen LogP contribution in [-0.2, 0) is 0 Å². The standard InChI is InChI=1S/C11H25N3/c1-10(9-12-2)14-7-5-11(6-8-14)13(3)4/h10-12H,5-9H2,1-4H3. The Hall–Kier alpha value is -0.120. The Morgan fingerprint density at radius 3 is 2.36 bits per heavy atom. The summed E-state index contributed by atoms with van der Waals surface area (Å²) in [4.78, 5) is 4.95. The zero-order valence-corrected chi connectivity index (χ0v) is 10.1. The Bertz CT molecular complexity index is 151. The number of piperidine rings is 1. The summed E-state index contributed by atoms with van der Waals surface area (Å²) >= 11 is 0. The van der Waals surface area contributed by atoms with E-state index in [1.54, 1.807) is 0 Å². The second-order valence-corrected chi connectivity index (χ2v) is 4.64. The van der Waals surface area contributed by atoms with Gasteiger partial charge in [0.15, 0.2) is 0 Å². The van der Waals surface area contributed by atoms with Gasteiger partial charge in [-0.2, -0.15) is 0 Å². The van der Waals surface area contributed by atoms with Gasteiger partial charge in [0.2, 0.25) is 0 Å². The number of rotatable bonds is 4. The summed E-state index contributed by atoms with van der Waals surface area (Å²) in [5.74, 6) is 0. The molecule has 0 amide bonds. The van der Waals surface area contributed by atoms with E-state index in [4.69, 9.17) is 0 Å². The first kappa shape index (κ1) is 12.0. The molecule has 1 atom stereocenters. The van der Waals surface area contributed by atoms with E-state index < -0.39 is 0 Å². The van der Waals surface area contributed by atoms with Crippen LogP contribution in [0.1, 0.15) is 19.8 Å². The Morgan fingerprint density at radius 2 is 1.93 bits per heavy atom. The summed E-state index contributed by atoms with van der Waals surface area (Å²) < 4.78 is 0. The molecule has 0 radical (unpaired) electrons. The topological polar surface area (TPSA) is 18.5 Å². The minimum Gasteiger partial charge on any atom is -0.318 e. The maximum absolute atomic E-state index is 3.25. The molecular formula is C11H25N3. The van der Waals surface area contributed by atoms with Crippen LogP contribution in [0.2, 0.25) is 0 Å². The molecule has 0 aliphatic carbocycles. The molecular weight excluding hydrogens is 174 g/mol. The number of likely N-dealkylation sites (tertiary alicyclic amines) is 1. The van der Waals surface area contributed by atoms with Gasteiger partial charge in [0.05, 0.1) is 0 Å². The monoisotopic (exact) mass is 199 g/mol. The van der Waals surface area contributed by atoms with E-state index >= 15 is 0 Å². The maximum atomic E-state index is 3.25. The zero-order valence-electron chi connectivity index (χ0n) is 10.1. The smallest absolute Gasteiger partial charge is 0.0192 e. The molecule has 0 aromatic rings. The van der Waals surface area contributed by atoms with E-state index in [1.165, 1.54) is 25.9 Å². The van der Waals surface area contributed by atoms with Crippen LogP contribution < -0.4 is 5.32 Å². The molecule has 0 aromatic heterocycles. The highest BCUT2D eigenvalue weighted by Crippen LogP contribution is 2.15. The van der Waals surface area contributed by atoms with Crippen LogP contribution in [0.3, 0.4) is 0 Å². The van der Waals surface area contributed by atoms with Crippen molar-refractivity contribution < 1.29 is 0 Å². The predicted octanol–water partition coefficient (Wildman–Crippen LogP) is 0.620. The summed E-state index contributed by atoms with van der Waals surface area (Å²) in [6, 6.07) is 1.48. The van der Waals surface area contributed by atoms with Crippen molar-refractivity contribution in [3.05, 3.63) is 0 Å². The van der Waals surface area contributed by atoms with Crippen molar-refractivity contribution in [1.29, 1.82) is 0 Å². The van der Waals surface area contributed by atoms with Crippen LogP contribution in [0.5, 0.6) is 0 Å². The summed E-state index contributed by atoms with van der Waals surface area (Å²) in [6.45, 7) is 5.93. The molecule has 14 heavy (non-hydrogen) atoms. The van der Waals surface area contributed by atoms with Crippen LogP contribution in [0.15, 0.2) is 0 Å². The summed E-state index contributed by atoms with van der Waals surface area (Å²) in [5.41, 5.74) is 0. The Labute approximate surface area is 88.5 Å². The van der Waals surface area contributed by atoms with Gasteiger partial charge in [0, 0.05) is 18.6 Å². The van der Waals surface area contributed by atoms with Gasteiger partial charge in [-0.15, -0.1) is 0 Å². The molecule has 1 fully saturated rings. The SMILES string of the molecule is CNCC(C)N1CCC(N(C)C)CC1. The van der Waals surface area contributed by atoms with Gasteiger partial charge in [0.1, 0.15) is 0 Å². The fourth-order valence-electron chi connectivity index (χ4n) is 2.27. The second-order valence-electron chi connectivity index (χ2n) is 4.64. The minimum absolute atomic E-state index is 0.683. The zero-order chi connectivity index (χ0) is 10.6. The lowest BCUT2D eigenvalue weighted by Gasteiger charge is -2.38. The molecule has 0 aromatic carbocycles. The van der Waals surface area contributed by atoms with E-state index in [-0.39, 0.29) is 0 Å². The normalized spacial score (nSPS) is 22.9. The van der Waals surface area contributed by atoms with E-state index in [0.29, 0.717) is 6.04 Å². The largest absolute Gasteiger partial charge is 0.318 e. The predicted molar refractivity (Wildman–Crippen MR) is 61.7 cm³/mol. The first-order valence-corrected chi connectivity index (χ1v) is 5.70. The fraction of sp³-hybridized carbons (Fsp3) is 1.00. The van der Waals surface area contributed by atoms with E-state index in [9.17, 15) is 0 Å². The lowest BCUT2D eigenvalue weighted by Crippen LogP contribution is -2.47. The summed E-state index contributed by atoms with van der Waals surface area (Å²) in [7, 11) is 6.41. The van der Waals surface area contributed by atoms with Gasteiger partial charge in [-0.3, -0.25) is 4.90 Å². The molecule has 1 rings (SSSR count). The number of nitrogens with zero attached hydrogens (tertiary/aromatic N) is 2. The molecule has 3 nitrogen and oxygen atoms in total. The van der Waals surface area contributed by atoms with E-state index in [2.05, 4.69) is 36.1 Å². The third-order valence-electron chi connectivity index (χ3n) is 3.35. The van der Waals surface area contributed by atoms with Crippen molar-refractivity contribution in [2.75, 3.05) is 40.8 Å². The first-order valence-electron chi connectivity index (χ1n) is 5.70. The average molecular weight is 199 g/mol. The molecule has 1 unspecified atom stereocenters. The van der Waals surface area contributed by atoms with Gasteiger partial charge in [-0.1, -0.05) is 0 Å². The Kier molecular flexibility index (Phi) is 4.85. The van der Waals surface area contributed by atoms with Crippen LogP contribution in [0.25, 0.3) is 0 Å². The van der Waals surface area contributed by atoms with Crippen molar-refractivity contribution in [3.63, 3.8) is 0 Å². The van der Waals surface area contributed by atoms with Crippen LogP contribution >= 0.6 is 0 Å². The Balaban J connectivity index is 2.28.